The van der Waals surface area contributed by atoms with E-state index in [2.05, 4.69) is 74.2 Å². The molecule has 5 rings (SSSR count). The number of carbonyl (C=O) groups is 1. The molecule has 2 fully saturated rings. The molecule has 1 N–H and O–H groups in total. The molecule has 0 radical (unpaired) electrons. The Morgan fingerprint density at radius 2 is 1.57 bits per heavy atom. The maximum absolute atomic E-state index is 14.4. The molecule has 2 aliphatic carbocycles. The van der Waals surface area contributed by atoms with Gasteiger partial charge < -0.3 is 14.6 Å². The minimum Gasteiger partial charge on any atom is -0.460 e. The number of aliphatic hydroxyl groups is 1. The lowest BCUT2D eigenvalue weighted by Crippen LogP contribution is -2.51. The number of nitrogens with zero attached hydrogens (tertiary/aromatic N) is 1. The van der Waals surface area contributed by atoms with Crippen molar-refractivity contribution in [2.24, 2.45) is 22.7 Å². The normalized spacial score (nSPS) is 24.7. The maximum Gasteiger partial charge on any atom is 0.314 e. The van der Waals surface area contributed by atoms with Gasteiger partial charge >= 0.3 is 5.97 Å². The number of rotatable bonds is 11. The van der Waals surface area contributed by atoms with Crippen molar-refractivity contribution in [2.45, 2.75) is 91.2 Å². The molecule has 2 bridgehead atoms. The van der Waals surface area contributed by atoms with Gasteiger partial charge in [-0.1, -0.05) is 104 Å². The van der Waals surface area contributed by atoms with Crippen LogP contribution in [-0.4, -0.2) is 41.3 Å². The molecule has 0 spiro atoms. The number of carbonyl (C=O) groups excluding carboxylic acids is 1. The Labute approximate surface area is 264 Å². The van der Waals surface area contributed by atoms with Crippen molar-refractivity contribution >= 4 is 5.97 Å². The SMILES string of the molecule is CO[C@@H]1C[C@H]2CC[C@]1(CN(Cc1ccccc1)C(c1ccc(C)cc1)C(C(=O)OC(C)(C)C)C(O)c1ccccc1)C2(C)C. The van der Waals surface area contributed by atoms with Crippen molar-refractivity contribution in [3.8, 4) is 0 Å². The fourth-order valence-corrected chi connectivity index (χ4v) is 8.20. The summed E-state index contributed by atoms with van der Waals surface area (Å²) in [6.07, 6.45) is 2.38. The molecule has 3 aromatic carbocycles. The number of esters is 1. The standard InChI is InChI=1S/C39H51NO4/c1-27-18-20-29(21-19-27)34(33(36(42)44-37(2,3)4)35(41)30-16-12-9-13-17-30)40(25-28-14-10-8-11-15-28)26-39-23-22-31(38(39,5)6)24-32(39)43-7/h8-21,31-35,41H,22-26H2,1-7H3/t31-,32-,33?,34?,35?,39-/m1/s1. The van der Waals surface area contributed by atoms with Crippen molar-refractivity contribution in [1.29, 1.82) is 0 Å². The average Bonchev–Trinajstić information content (AvgIpc) is 3.35. The number of benzene rings is 3. The van der Waals surface area contributed by atoms with Gasteiger partial charge in [0.05, 0.1) is 18.2 Å². The van der Waals surface area contributed by atoms with Crippen LogP contribution in [0.5, 0.6) is 0 Å². The molecule has 0 heterocycles. The molecule has 2 aliphatic rings. The van der Waals surface area contributed by atoms with E-state index in [1.165, 1.54) is 6.42 Å². The Kier molecular flexibility index (Phi) is 9.42. The van der Waals surface area contributed by atoms with E-state index in [1.54, 1.807) is 0 Å². The summed E-state index contributed by atoms with van der Waals surface area (Å²) in [5.74, 6) is -0.671. The number of aryl methyl sites for hydroxylation is 1. The van der Waals surface area contributed by atoms with Gasteiger partial charge in [-0.05, 0) is 75.0 Å². The minimum atomic E-state index is -1.07. The molecule has 0 aromatic heterocycles. The summed E-state index contributed by atoms with van der Waals surface area (Å²) >= 11 is 0. The summed E-state index contributed by atoms with van der Waals surface area (Å²) in [7, 11) is 1.85. The minimum absolute atomic E-state index is 0.0693. The summed E-state index contributed by atoms with van der Waals surface area (Å²) in [4.78, 5) is 16.9. The quantitative estimate of drug-likeness (QED) is 0.227. The van der Waals surface area contributed by atoms with Gasteiger partial charge in [0.1, 0.15) is 11.5 Å². The third-order valence-electron chi connectivity index (χ3n) is 10.7. The summed E-state index contributed by atoms with van der Waals surface area (Å²) in [6, 6.07) is 28.0. The Hall–Kier alpha value is -2.99. The van der Waals surface area contributed by atoms with Gasteiger partial charge in [0.15, 0.2) is 0 Å². The zero-order valence-electron chi connectivity index (χ0n) is 27.6. The van der Waals surface area contributed by atoms with Crippen LogP contribution < -0.4 is 0 Å². The largest absolute Gasteiger partial charge is 0.460 e. The lowest BCUT2D eigenvalue weighted by molar-refractivity contribution is -0.170. The molecule has 44 heavy (non-hydrogen) atoms. The molecule has 6 atom stereocenters. The van der Waals surface area contributed by atoms with Gasteiger partial charge in [-0.3, -0.25) is 9.69 Å². The van der Waals surface area contributed by atoms with Crippen molar-refractivity contribution < 1.29 is 19.4 Å². The van der Waals surface area contributed by atoms with Gasteiger partial charge in [-0.15, -0.1) is 0 Å². The molecule has 5 nitrogen and oxygen atoms in total. The first-order valence-corrected chi connectivity index (χ1v) is 16.2. The average molecular weight is 598 g/mol. The van der Waals surface area contributed by atoms with Gasteiger partial charge in [-0.25, -0.2) is 0 Å². The number of ether oxygens (including phenoxy) is 2. The highest BCUT2D eigenvalue weighted by Crippen LogP contribution is 2.67. The van der Waals surface area contributed by atoms with E-state index in [4.69, 9.17) is 9.47 Å². The third kappa shape index (κ3) is 6.38. The summed E-state index contributed by atoms with van der Waals surface area (Å²) in [5.41, 5.74) is 3.27. The highest BCUT2D eigenvalue weighted by atomic mass is 16.6. The third-order valence-corrected chi connectivity index (χ3v) is 10.7. The summed E-state index contributed by atoms with van der Waals surface area (Å²) < 4.78 is 12.4. The molecule has 0 aliphatic heterocycles. The molecule has 3 aromatic rings. The van der Waals surface area contributed by atoms with E-state index in [-0.39, 0.29) is 16.9 Å². The lowest BCUT2D eigenvalue weighted by atomic mass is 9.67. The van der Waals surface area contributed by atoms with Gasteiger partial charge in [0.2, 0.25) is 0 Å². The molecule has 236 valence electrons. The van der Waals surface area contributed by atoms with E-state index in [0.29, 0.717) is 18.0 Å². The first-order chi connectivity index (χ1) is 20.9. The van der Waals surface area contributed by atoms with Crippen LogP contribution in [0.15, 0.2) is 84.9 Å². The monoisotopic (exact) mass is 597 g/mol. The van der Waals surface area contributed by atoms with Gasteiger partial charge in [0.25, 0.3) is 0 Å². The zero-order valence-corrected chi connectivity index (χ0v) is 27.6. The van der Waals surface area contributed by atoms with Crippen LogP contribution in [0.25, 0.3) is 0 Å². The van der Waals surface area contributed by atoms with Gasteiger partial charge in [0, 0.05) is 25.6 Å². The van der Waals surface area contributed by atoms with Crippen molar-refractivity contribution in [2.75, 3.05) is 13.7 Å². The number of aliphatic hydroxyl groups excluding tert-OH is 1. The molecular formula is C39H51NO4. The first kappa shape index (κ1) is 32.4. The molecule has 3 unspecified atom stereocenters. The first-order valence-electron chi connectivity index (χ1n) is 16.2. The number of hydrogen-bond donors (Lipinski definition) is 1. The summed E-state index contributed by atoms with van der Waals surface area (Å²) in [5, 5.41) is 12.2. The number of hydrogen-bond acceptors (Lipinski definition) is 5. The van der Waals surface area contributed by atoms with Crippen LogP contribution >= 0.6 is 0 Å². The Morgan fingerprint density at radius 3 is 2.14 bits per heavy atom. The molecule has 5 heteroatoms. The number of fused-ring (bicyclic) bond motifs is 2. The Balaban J connectivity index is 1.70. The smallest absolute Gasteiger partial charge is 0.314 e. The van der Waals surface area contributed by atoms with Crippen LogP contribution in [0.1, 0.15) is 88.3 Å². The highest BCUT2D eigenvalue weighted by Gasteiger charge is 2.65. The second kappa shape index (κ2) is 12.8. The van der Waals surface area contributed by atoms with E-state index in [0.717, 1.165) is 36.1 Å². The predicted octanol–water partition coefficient (Wildman–Crippen LogP) is 8.07. The molecular weight excluding hydrogens is 546 g/mol. The molecule has 0 amide bonds. The maximum atomic E-state index is 14.4. The topological polar surface area (TPSA) is 59.0 Å². The highest BCUT2D eigenvalue weighted by molar-refractivity contribution is 5.75. The van der Waals surface area contributed by atoms with Crippen LogP contribution in [0.4, 0.5) is 0 Å². The Morgan fingerprint density at radius 1 is 0.955 bits per heavy atom. The predicted molar refractivity (Wildman–Crippen MR) is 176 cm³/mol. The second-order valence-electron chi connectivity index (χ2n) is 14.7. The van der Waals surface area contributed by atoms with E-state index >= 15 is 0 Å². The zero-order chi connectivity index (χ0) is 31.7. The van der Waals surface area contributed by atoms with Crippen molar-refractivity contribution in [3.05, 3.63) is 107 Å². The lowest BCUT2D eigenvalue weighted by Gasteiger charge is -2.48. The van der Waals surface area contributed by atoms with E-state index in [9.17, 15) is 9.90 Å². The van der Waals surface area contributed by atoms with Crippen LogP contribution in [-0.2, 0) is 20.8 Å². The van der Waals surface area contributed by atoms with Crippen LogP contribution in [0.2, 0.25) is 0 Å². The summed E-state index contributed by atoms with van der Waals surface area (Å²) in [6.45, 7) is 13.9. The van der Waals surface area contributed by atoms with E-state index in [1.807, 2.05) is 64.3 Å². The molecule has 2 saturated carbocycles. The molecule has 0 saturated heterocycles. The Bertz CT molecular complexity index is 1380. The van der Waals surface area contributed by atoms with E-state index < -0.39 is 29.6 Å². The fourth-order valence-electron chi connectivity index (χ4n) is 8.20. The van der Waals surface area contributed by atoms with Crippen molar-refractivity contribution in [3.63, 3.8) is 0 Å². The second-order valence-corrected chi connectivity index (χ2v) is 14.7. The van der Waals surface area contributed by atoms with Gasteiger partial charge in [-0.2, -0.15) is 0 Å². The van der Waals surface area contributed by atoms with Crippen LogP contribution in [0, 0.1) is 29.6 Å². The number of methoxy groups -OCH3 is 1. The van der Waals surface area contributed by atoms with Crippen molar-refractivity contribution in [1.82, 2.24) is 4.90 Å². The van der Waals surface area contributed by atoms with Crippen LogP contribution in [0.3, 0.4) is 0 Å². The fraction of sp³-hybridized carbons (Fsp3) is 0.513.